The Hall–Kier alpha value is -2.37. The number of aromatic nitrogens is 2. The summed E-state index contributed by atoms with van der Waals surface area (Å²) in [6, 6.07) is 11.1. The van der Waals surface area contributed by atoms with Crippen LogP contribution in [0.25, 0.3) is 10.9 Å². The zero-order chi connectivity index (χ0) is 16.9. The Kier molecular flexibility index (Phi) is 5.13. The molecular formula is C18H18ClN3O2. The highest BCUT2D eigenvalue weighted by atomic mass is 35.5. The summed E-state index contributed by atoms with van der Waals surface area (Å²) in [6.07, 6.45) is 4.79. The van der Waals surface area contributed by atoms with Crippen molar-refractivity contribution >= 4 is 28.4 Å². The Morgan fingerprint density at radius 2 is 2.04 bits per heavy atom. The standard InChI is InChI=1S/C18H18ClN3O2/c19-15-1-2-16-14(11-15)5-9-22(16)10-6-18(24)21-12-17(23)13-3-7-20-8-4-13/h1-5,7-9,11,17,23H,6,10,12H2,(H,21,24)/t17-/m0/s1. The van der Waals surface area contributed by atoms with Crippen LogP contribution in [0.5, 0.6) is 0 Å². The van der Waals surface area contributed by atoms with Crippen LogP contribution in [-0.4, -0.2) is 27.1 Å². The molecule has 6 heteroatoms. The number of hydrogen-bond acceptors (Lipinski definition) is 3. The number of amides is 1. The summed E-state index contributed by atoms with van der Waals surface area (Å²) in [6.45, 7) is 0.757. The van der Waals surface area contributed by atoms with E-state index in [9.17, 15) is 9.90 Å². The van der Waals surface area contributed by atoms with Crippen molar-refractivity contribution < 1.29 is 9.90 Å². The number of hydrogen-bond donors (Lipinski definition) is 2. The van der Waals surface area contributed by atoms with Gasteiger partial charge in [-0.1, -0.05) is 11.6 Å². The lowest BCUT2D eigenvalue weighted by Crippen LogP contribution is -2.29. The minimum absolute atomic E-state index is 0.0982. The Bertz CT molecular complexity index is 833. The van der Waals surface area contributed by atoms with Crippen LogP contribution in [0.1, 0.15) is 18.1 Å². The van der Waals surface area contributed by atoms with Gasteiger partial charge in [-0.05, 0) is 42.0 Å². The molecule has 0 saturated carbocycles. The van der Waals surface area contributed by atoms with Gasteiger partial charge in [-0.25, -0.2) is 0 Å². The van der Waals surface area contributed by atoms with Crippen LogP contribution >= 0.6 is 11.6 Å². The lowest BCUT2D eigenvalue weighted by molar-refractivity contribution is -0.121. The number of rotatable bonds is 6. The minimum atomic E-state index is -0.730. The van der Waals surface area contributed by atoms with Crippen LogP contribution < -0.4 is 5.32 Å². The largest absolute Gasteiger partial charge is 0.387 e. The fourth-order valence-electron chi connectivity index (χ4n) is 2.59. The molecule has 24 heavy (non-hydrogen) atoms. The number of aryl methyl sites for hydroxylation is 1. The molecule has 3 aromatic rings. The van der Waals surface area contributed by atoms with E-state index in [2.05, 4.69) is 10.3 Å². The average molecular weight is 344 g/mol. The van der Waals surface area contributed by atoms with Crippen molar-refractivity contribution in [1.82, 2.24) is 14.9 Å². The van der Waals surface area contributed by atoms with Crippen LogP contribution in [0.3, 0.4) is 0 Å². The second-order valence-corrected chi connectivity index (χ2v) is 6.00. The van der Waals surface area contributed by atoms with Crippen LogP contribution in [0.2, 0.25) is 5.02 Å². The van der Waals surface area contributed by atoms with Crippen molar-refractivity contribution in [2.45, 2.75) is 19.1 Å². The molecule has 0 fully saturated rings. The number of nitrogens with one attached hydrogen (secondary N) is 1. The van der Waals surface area contributed by atoms with Crippen molar-refractivity contribution in [3.05, 3.63) is 65.6 Å². The maximum Gasteiger partial charge on any atom is 0.221 e. The molecule has 1 amide bonds. The molecular weight excluding hydrogens is 326 g/mol. The molecule has 2 heterocycles. The molecule has 0 aliphatic heterocycles. The van der Waals surface area contributed by atoms with Gasteiger partial charge in [0, 0.05) is 54.0 Å². The maximum absolute atomic E-state index is 12.0. The first kappa shape index (κ1) is 16.5. The SMILES string of the molecule is O=C(CCn1ccc2cc(Cl)ccc21)NC[C@H](O)c1ccncc1. The van der Waals surface area contributed by atoms with Gasteiger partial charge in [0.1, 0.15) is 0 Å². The normalized spacial score (nSPS) is 12.2. The Balaban J connectivity index is 1.52. The second-order valence-electron chi connectivity index (χ2n) is 5.56. The summed E-state index contributed by atoms with van der Waals surface area (Å²) in [7, 11) is 0. The van der Waals surface area contributed by atoms with E-state index in [1.165, 1.54) is 0 Å². The third-order valence-corrected chi connectivity index (χ3v) is 4.13. The Morgan fingerprint density at radius 1 is 1.25 bits per heavy atom. The second kappa shape index (κ2) is 7.47. The molecule has 0 saturated heterocycles. The van der Waals surface area contributed by atoms with Crippen molar-refractivity contribution in [3.63, 3.8) is 0 Å². The first-order valence-electron chi connectivity index (χ1n) is 7.72. The van der Waals surface area contributed by atoms with E-state index in [4.69, 9.17) is 11.6 Å². The number of pyridine rings is 1. The van der Waals surface area contributed by atoms with E-state index in [1.807, 2.05) is 35.0 Å². The third kappa shape index (κ3) is 3.93. The summed E-state index contributed by atoms with van der Waals surface area (Å²) in [5, 5.41) is 14.5. The minimum Gasteiger partial charge on any atom is -0.387 e. The molecule has 0 spiro atoms. The number of aliphatic hydroxyl groups excluding tert-OH is 1. The number of fused-ring (bicyclic) bond motifs is 1. The highest BCUT2D eigenvalue weighted by Crippen LogP contribution is 2.20. The zero-order valence-electron chi connectivity index (χ0n) is 13.0. The van der Waals surface area contributed by atoms with Crippen LogP contribution in [0, 0.1) is 0 Å². The summed E-state index contributed by atoms with van der Waals surface area (Å²) in [5.74, 6) is -0.0982. The van der Waals surface area contributed by atoms with Gasteiger partial charge < -0.3 is 15.0 Å². The fraction of sp³-hybridized carbons (Fsp3) is 0.222. The van der Waals surface area contributed by atoms with Crippen LogP contribution in [0.4, 0.5) is 0 Å². The van der Waals surface area contributed by atoms with Crippen molar-refractivity contribution in [2.75, 3.05) is 6.54 Å². The fourth-order valence-corrected chi connectivity index (χ4v) is 2.77. The summed E-state index contributed by atoms with van der Waals surface area (Å²) in [5.41, 5.74) is 1.78. The predicted octanol–water partition coefficient (Wildman–Crippen LogP) is 2.93. The Labute approximate surface area is 144 Å². The number of aliphatic hydroxyl groups is 1. The maximum atomic E-state index is 12.0. The first-order valence-corrected chi connectivity index (χ1v) is 8.10. The molecule has 0 bridgehead atoms. The van der Waals surface area contributed by atoms with E-state index in [0.717, 1.165) is 16.5 Å². The zero-order valence-corrected chi connectivity index (χ0v) is 13.8. The molecule has 5 nitrogen and oxygen atoms in total. The van der Waals surface area contributed by atoms with Gasteiger partial charge in [0.25, 0.3) is 0 Å². The lowest BCUT2D eigenvalue weighted by atomic mass is 10.1. The first-order chi connectivity index (χ1) is 11.6. The molecule has 0 aliphatic rings. The van der Waals surface area contributed by atoms with Crippen LogP contribution in [0.15, 0.2) is 55.0 Å². The third-order valence-electron chi connectivity index (χ3n) is 3.90. The van der Waals surface area contributed by atoms with Gasteiger partial charge >= 0.3 is 0 Å². The number of nitrogens with zero attached hydrogens (tertiary/aromatic N) is 2. The van der Waals surface area contributed by atoms with E-state index in [1.54, 1.807) is 24.5 Å². The molecule has 124 valence electrons. The highest BCUT2D eigenvalue weighted by Gasteiger charge is 2.10. The number of carbonyl (C=O) groups is 1. The van der Waals surface area contributed by atoms with Crippen molar-refractivity contribution in [1.29, 1.82) is 0 Å². The van der Waals surface area contributed by atoms with E-state index in [0.29, 0.717) is 18.0 Å². The molecule has 3 rings (SSSR count). The molecule has 0 unspecified atom stereocenters. The monoisotopic (exact) mass is 343 g/mol. The number of carbonyl (C=O) groups excluding carboxylic acids is 1. The van der Waals surface area contributed by atoms with E-state index >= 15 is 0 Å². The molecule has 2 N–H and O–H groups in total. The lowest BCUT2D eigenvalue weighted by Gasteiger charge is -2.12. The predicted molar refractivity (Wildman–Crippen MR) is 93.8 cm³/mol. The summed E-state index contributed by atoms with van der Waals surface area (Å²) in [4.78, 5) is 15.9. The van der Waals surface area contributed by atoms with Gasteiger partial charge in [-0.3, -0.25) is 9.78 Å². The van der Waals surface area contributed by atoms with Gasteiger partial charge in [0.2, 0.25) is 5.91 Å². The number of benzene rings is 1. The van der Waals surface area contributed by atoms with Gasteiger partial charge in [0.05, 0.1) is 6.10 Å². The van der Waals surface area contributed by atoms with Crippen molar-refractivity contribution in [2.24, 2.45) is 0 Å². The quantitative estimate of drug-likeness (QED) is 0.723. The topological polar surface area (TPSA) is 67.2 Å². The van der Waals surface area contributed by atoms with Gasteiger partial charge in [-0.2, -0.15) is 0 Å². The van der Waals surface area contributed by atoms with Crippen LogP contribution in [-0.2, 0) is 11.3 Å². The smallest absolute Gasteiger partial charge is 0.221 e. The molecule has 0 radical (unpaired) electrons. The number of halogens is 1. The van der Waals surface area contributed by atoms with Gasteiger partial charge in [-0.15, -0.1) is 0 Å². The van der Waals surface area contributed by atoms with E-state index < -0.39 is 6.10 Å². The highest BCUT2D eigenvalue weighted by molar-refractivity contribution is 6.31. The van der Waals surface area contributed by atoms with E-state index in [-0.39, 0.29) is 12.5 Å². The molecule has 1 aromatic carbocycles. The average Bonchev–Trinajstić information content (AvgIpc) is 3.00. The molecule has 0 aliphatic carbocycles. The molecule has 2 aromatic heterocycles. The summed E-state index contributed by atoms with van der Waals surface area (Å²) >= 11 is 5.98. The van der Waals surface area contributed by atoms with Gasteiger partial charge in [0.15, 0.2) is 0 Å². The molecule has 1 atom stereocenters. The van der Waals surface area contributed by atoms with Crippen molar-refractivity contribution in [3.8, 4) is 0 Å². The Morgan fingerprint density at radius 3 is 2.83 bits per heavy atom. The summed E-state index contributed by atoms with van der Waals surface area (Å²) < 4.78 is 2.02.